The summed E-state index contributed by atoms with van der Waals surface area (Å²) < 4.78 is 51.3. The van der Waals surface area contributed by atoms with Crippen molar-refractivity contribution in [3.05, 3.63) is 199 Å². The molecule has 1 aliphatic carbocycles. The second kappa shape index (κ2) is 12.1. The Morgan fingerprint density at radius 3 is 1.96 bits per heavy atom. The number of rotatable bonds is 5. The number of furan rings is 1. The molecule has 0 amide bonds. The third kappa shape index (κ3) is 4.88. The molecule has 2 heteroatoms. The largest absolute Gasteiger partial charge is 0.455 e. The zero-order valence-electron chi connectivity index (χ0n) is 35.4. The molecule has 1 aromatic heterocycles. The molecule has 0 atom stereocenters. The summed E-state index contributed by atoms with van der Waals surface area (Å²) in [4.78, 5) is 2.22. The predicted molar refractivity (Wildman–Crippen MR) is 232 cm³/mol. The molecule has 0 radical (unpaired) electrons. The summed E-state index contributed by atoms with van der Waals surface area (Å²) in [7, 11) is 0. The molecule has 10 aromatic rings. The van der Waals surface area contributed by atoms with Gasteiger partial charge in [0.15, 0.2) is 0 Å². The van der Waals surface area contributed by atoms with Crippen LogP contribution in [-0.4, -0.2) is 0 Å². The molecule has 11 rings (SSSR count). The van der Waals surface area contributed by atoms with Crippen LogP contribution in [0.15, 0.2) is 192 Å². The van der Waals surface area contributed by atoms with Crippen molar-refractivity contribution in [3.8, 4) is 33.4 Å². The average molecular weight is 709 g/mol. The lowest BCUT2D eigenvalue weighted by molar-refractivity contribution is 0.660. The molecule has 0 saturated heterocycles. The van der Waals surface area contributed by atoms with Gasteiger partial charge in [0.1, 0.15) is 11.2 Å². The first-order valence-electron chi connectivity index (χ1n) is 21.2. The first kappa shape index (κ1) is 26.8. The van der Waals surface area contributed by atoms with Gasteiger partial charge >= 0.3 is 0 Å². The standard InChI is InChI=1S/C53H37NO/c1-53(2)49-24-14-13-22-42(49)43-28-27-39(32-50(43)53)54(38-26-25-34-15-9-10-20-37(34)29-38)40-30-46(36-18-7-4-8-19-36)52-47(31-40)48-33-45(35-16-5-3-6-17-35)41-21-11-12-23-44(41)51(48)55-52/h3-33H,1-2H3/i4D,7D,8D,18D,19D. The highest BCUT2D eigenvalue weighted by atomic mass is 16.3. The van der Waals surface area contributed by atoms with E-state index in [1.54, 1.807) is 0 Å². The van der Waals surface area contributed by atoms with Gasteiger partial charge in [0.2, 0.25) is 0 Å². The minimum absolute atomic E-state index is 0.0866. The van der Waals surface area contributed by atoms with Crippen molar-refractivity contribution in [2.24, 2.45) is 0 Å². The SMILES string of the molecule is [2H]c1c([2H])c([2H])c(-c2cc(N(c3ccc4c(c3)C(C)(C)c3ccccc3-4)c3ccc4ccccc4c3)cc3c2oc2c4ccccc4c(-c4ccccc4)cc32)c([2H])c1[2H]. The first-order valence-corrected chi connectivity index (χ1v) is 18.7. The molecular weight excluding hydrogens is 667 g/mol. The Balaban J connectivity index is 1.27. The third-order valence-electron chi connectivity index (χ3n) is 11.5. The predicted octanol–water partition coefficient (Wildman–Crippen LogP) is 15.0. The van der Waals surface area contributed by atoms with Crippen molar-refractivity contribution in [1.29, 1.82) is 0 Å². The van der Waals surface area contributed by atoms with Crippen molar-refractivity contribution in [2.45, 2.75) is 19.3 Å². The topological polar surface area (TPSA) is 16.4 Å². The van der Waals surface area contributed by atoms with Crippen LogP contribution in [0.4, 0.5) is 17.1 Å². The van der Waals surface area contributed by atoms with E-state index in [2.05, 4.69) is 128 Å². The molecule has 1 heterocycles. The molecular formula is C53H37NO. The molecule has 0 bridgehead atoms. The van der Waals surface area contributed by atoms with E-state index in [0.717, 1.165) is 60.5 Å². The van der Waals surface area contributed by atoms with Crippen molar-refractivity contribution in [1.82, 2.24) is 0 Å². The Bertz CT molecular complexity index is 3400. The second-order valence-electron chi connectivity index (χ2n) is 15.0. The van der Waals surface area contributed by atoms with Crippen LogP contribution in [0.2, 0.25) is 0 Å². The van der Waals surface area contributed by atoms with Crippen molar-refractivity contribution in [2.75, 3.05) is 4.90 Å². The zero-order chi connectivity index (χ0) is 41.0. The fraction of sp³-hybridized carbons (Fsp3) is 0.0566. The second-order valence-corrected chi connectivity index (χ2v) is 15.0. The van der Waals surface area contributed by atoms with E-state index >= 15 is 0 Å². The summed E-state index contributed by atoms with van der Waals surface area (Å²) in [6.45, 7) is 4.55. The van der Waals surface area contributed by atoms with Gasteiger partial charge in [-0.1, -0.05) is 159 Å². The van der Waals surface area contributed by atoms with E-state index in [4.69, 9.17) is 8.53 Å². The number of hydrogen-bond donors (Lipinski definition) is 0. The van der Waals surface area contributed by atoms with Gasteiger partial charge in [0, 0.05) is 44.2 Å². The Kier molecular flexibility index (Phi) is 5.88. The highest BCUT2D eigenvalue weighted by Gasteiger charge is 2.36. The molecule has 9 aromatic carbocycles. The van der Waals surface area contributed by atoms with Crippen LogP contribution in [0.25, 0.3) is 76.9 Å². The van der Waals surface area contributed by atoms with Gasteiger partial charge in [-0.25, -0.2) is 0 Å². The lowest BCUT2D eigenvalue weighted by atomic mass is 9.82. The minimum Gasteiger partial charge on any atom is -0.455 e. The molecule has 2 nitrogen and oxygen atoms in total. The molecule has 260 valence electrons. The maximum Gasteiger partial charge on any atom is 0.143 e. The summed E-state index contributed by atoms with van der Waals surface area (Å²) in [5, 5.41) is 5.77. The number of benzene rings is 9. The molecule has 0 saturated carbocycles. The van der Waals surface area contributed by atoms with Crippen LogP contribution in [-0.2, 0) is 5.41 Å². The zero-order valence-corrected chi connectivity index (χ0v) is 30.4. The van der Waals surface area contributed by atoms with Crippen LogP contribution in [0.1, 0.15) is 31.8 Å². The number of anilines is 3. The van der Waals surface area contributed by atoms with Gasteiger partial charge < -0.3 is 9.32 Å². The van der Waals surface area contributed by atoms with Crippen LogP contribution < -0.4 is 4.90 Å². The van der Waals surface area contributed by atoms with E-state index in [1.165, 1.54) is 22.3 Å². The van der Waals surface area contributed by atoms with Gasteiger partial charge in [-0.05, 0) is 97.6 Å². The number of hydrogen-bond acceptors (Lipinski definition) is 2. The van der Waals surface area contributed by atoms with E-state index in [0.29, 0.717) is 16.7 Å². The smallest absolute Gasteiger partial charge is 0.143 e. The Hall–Kier alpha value is -6.90. The normalized spacial score (nSPS) is 14.3. The highest BCUT2D eigenvalue weighted by Crippen LogP contribution is 2.52. The summed E-state index contributed by atoms with van der Waals surface area (Å²) in [5.41, 5.74) is 11.0. The number of nitrogens with zero attached hydrogens (tertiary/aromatic N) is 1. The van der Waals surface area contributed by atoms with Gasteiger partial charge in [0.05, 0.1) is 6.85 Å². The van der Waals surface area contributed by atoms with E-state index in [-0.39, 0.29) is 23.1 Å². The summed E-state index contributed by atoms with van der Waals surface area (Å²) in [5.74, 6) is 0. The van der Waals surface area contributed by atoms with Crippen LogP contribution in [0, 0.1) is 0 Å². The first-order chi connectivity index (χ1) is 29.1. The fourth-order valence-electron chi connectivity index (χ4n) is 8.83. The van der Waals surface area contributed by atoms with Crippen LogP contribution in [0.5, 0.6) is 0 Å². The Morgan fingerprint density at radius 2 is 1.11 bits per heavy atom. The molecule has 1 aliphatic rings. The van der Waals surface area contributed by atoms with Gasteiger partial charge in [-0.15, -0.1) is 0 Å². The Morgan fingerprint density at radius 1 is 0.436 bits per heavy atom. The van der Waals surface area contributed by atoms with Gasteiger partial charge in [-0.2, -0.15) is 0 Å². The van der Waals surface area contributed by atoms with E-state index in [1.807, 2.05) is 48.5 Å². The van der Waals surface area contributed by atoms with Gasteiger partial charge in [0.25, 0.3) is 0 Å². The minimum atomic E-state index is -0.441. The quantitative estimate of drug-likeness (QED) is 0.177. The molecule has 0 aliphatic heterocycles. The Labute approximate surface area is 327 Å². The average Bonchev–Trinajstić information content (AvgIpc) is 3.77. The maximum absolute atomic E-state index is 9.22. The number of fused-ring (bicyclic) bond motifs is 9. The molecule has 0 spiro atoms. The highest BCUT2D eigenvalue weighted by molar-refractivity contribution is 6.21. The molecule has 0 fully saturated rings. The summed E-state index contributed by atoms with van der Waals surface area (Å²) >= 11 is 0. The van der Waals surface area contributed by atoms with Crippen LogP contribution >= 0.6 is 0 Å². The molecule has 0 unspecified atom stereocenters. The van der Waals surface area contributed by atoms with Gasteiger partial charge in [-0.3, -0.25) is 0 Å². The lowest BCUT2D eigenvalue weighted by Crippen LogP contribution is -2.16. The lowest BCUT2D eigenvalue weighted by Gasteiger charge is -2.29. The van der Waals surface area contributed by atoms with E-state index < -0.39 is 18.1 Å². The van der Waals surface area contributed by atoms with Crippen molar-refractivity contribution >= 4 is 60.5 Å². The van der Waals surface area contributed by atoms with Crippen LogP contribution in [0.3, 0.4) is 0 Å². The molecule has 0 N–H and O–H groups in total. The summed E-state index contributed by atoms with van der Waals surface area (Å²) in [6.07, 6.45) is 0. The van der Waals surface area contributed by atoms with E-state index in [9.17, 15) is 2.74 Å². The third-order valence-corrected chi connectivity index (χ3v) is 11.5. The summed E-state index contributed by atoms with van der Waals surface area (Å²) in [6, 6.07) is 52.9. The molecule has 55 heavy (non-hydrogen) atoms. The van der Waals surface area contributed by atoms with Crippen molar-refractivity contribution < 1.29 is 11.3 Å². The maximum atomic E-state index is 9.22. The fourth-order valence-corrected chi connectivity index (χ4v) is 8.83. The monoisotopic (exact) mass is 708 g/mol. The van der Waals surface area contributed by atoms with Crippen molar-refractivity contribution in [3.63, 3.8) is 0 Å².